The van der Waals surface area contributed by atoms with Gasteiger partial charge >= 0.3 is 0 Å². The summed E-state index contributed by atoms with van der Waals surface area (Å²) in [6.07, 6.45) is 6.09. The maximum Gasteiger partial charge on any atom is 0.0716 e. The Morgan fingerprint density at radius 1 is 1.00 bits per heavy atom. The predicted molar refractivity (Wildman–Crippen MR) is 73.2 cm³/mol. The third kappa shape index (κ3) is 4.43. The molecule has 2 heteroatoms. The van der Waals surface area contributed by atoms with Crippen LogP contribution in [0.2, 0.25) is 0 Å². The first-order valence-electron chi connectivity index (χ1n) is 7.11. The molecule has 0 spiro atoms. The van der Waals surface area contributed by atoms with Crippen LogP contribution in [0.15, 0.2) is 30.3 Å². The van der Waals surface area contributed by atoms with Crippen LogP contribution < -0.4 is 0 Å². The predicted octanol–water partition coefficient (Wildman–Crippen LogP) is 3.39. The molecule has 2 nitrogen and oxygen atoms in total. The Morgan fingerprint density at radius 2 is 1.67 bits per heavy atom. The van der Waals surface area contributed by atoms with Crippen molar-refractivity contribution in [2.45, 2.75) is 38.7 Å². The standard InChI is InChI=1S/C16H24O2/c17-12-15-8-6-14(7-9-15)10-11-18-13-16-4-2-1-3-5-16/h1-5,14-15,17H,6-13H2/t14-,15-. The van der Waals surface area contributed by atoms with Crippen LogP contribution >= 0.6 is 0 Å². The van der Waals surface area contributed by atoms with E-state index in [0.29, 0.717) is 12.5 Å². The molecule has 1 aliphatic rings. The number of aliphatic hydroxyl groups excluding tert-OH is 1. The monoisotopic (exact) mass is 248 g/mol. The summed E-state index contributed by atoms with van der Waals surface area (Å²) in [7, 11) is 0. The second-order valence-corrected chi connectivity index (χ2v) is 5.40. The summed E-state index contributed by atoms with van der Waals surface area (Å²) >= 11 is 0. The molecule has 0 aromatic heterocycles. The number of hydrogen-bond donors (Lipinski definition) is 1. The normalized spacial score (nSPS) is 24.1. The van der Waals surface area contributed by atoms with Gasteiger partial charge in [0.1, 0.15) is 0 Å². The summed E-state index contributed by atoms with van der Waals surface area (Å²) in [6.45, 7) is 1.97. The summed E-state index contributed by atoms with van der Waals surface area (Å²) in [5.41, 5.74) is 1.25. The number of benzene rings is 1. The lowest BCUT2D eigenvalue weighted by Crippen LogP contribution is -2.18. The van der Waals surface area contributed by atoms with Gasteiger partial charge in [0.15, 0.2) is 0 Å². The molecule has 0 saturated heterocycles. The van der Waals surface area contributed by atoms with Crippen molar-refractivity contribution in [1.82, 2.24) is 0 Å². The Morgan fingerprint density at radius 3 is 2.33 bits per heavy atom. The Balaban J connectivity index is 1.56. The second kappa shape index (κ2) is 7.55. The van der Waals surface area contributed by atoms with Crippen LogP contribution in [0, 0.1) is 11.8 Å². The second-order valence-electron chi connectivity index (χ2n) is 5.40. The average molecular weight is 248 g/mol. The van der Waals surface area contributed by atoms with Crippen molar-refractivity contribution in [3.05, 3.63) is 35.9 Å². The van der Waals surface area contributed by atoms with E-state index in [4.69, 9.17) is 9.84 Å². The fraction of sp³-hybridized carbons (Fsp3) is 0.625. The molecule has 1 fully saturated rings. The Labute approximate surface area is 110 Å². The van der Waals surface area contributed by atoms with Gasteiger partial charge in [0.2, 0.25) is 0 Å². The number of hydrogen-bond acceptors (Lipinski definition) is 2. The van der Waals surface area contributed by atoms with Crippen molar-refractivity contribution in [2.24, 2.45) is 11.8 Å². The van der Waals surface area contributed by atoms with Crippen molar-refractivity contribution < 1.29 is 9.84 Å². The van der Waals surface area contributed by atoms with Crippen LogP contribution in [0.5, 0.6) is 0 Å². The van der Waals surface area contributed by atoms with Crippen LogP contribution in [0.4, 0.5) is 0 Å². The molecule has 100 valence electrons. The zero-order chi connectivity index (χ0) is 12.6. The molecule has 0 radical (unpaired) electrons. The van der Waals surface area contributed by atoms with Crippen molar-refractivity contribution in [2.75, 3.05) is 13.2 Å². The minimum Gasteiger partial charge on any atom is -0.396 e. The van der Waals surface area contributed by atoms with Gasteiger partial charge in [-0.05, 0) is 36.7 Å². The molecule has 0 unspecified atom stereocenters. The van der Waals surface area contributed by atoms with Crippen LogP contribution in [0.1, 0.15) is 37.7 Å². The highest BCUT2D eigenvalue weighted by molar-refractivity contribution is 5.13. The number of aliphatic hydroxyl groups is 1. The summed E-state index contributed by atoms with van der Waals surface area (Å²) in [6, 6.07) is 10.3. The first kappa shape index (κ1) is 13.6. The highest BCUT2D eigenvalue weighted by atomic mass is 16.5. The van der Waals surface area contributed by atoms with Crippen LogP contribution in [0.25, 0.3) is 0 Å². The van der Waals surface area contributed by atoms with E-state index in [1.165, 1.54) is 37.7 Å². The average Bonchev–Trinajstić information content (AvgIpc) is 2.45. The minimum absolute atomic E-state index is 0.372. The maximum atomic E-state index is 9.09. The lowest BCUT2D eigenvalue weighted by molar-refractivity contribution is 0.0926. The van der Waals surface area contributed by atoms with Crippen molar-refractivity contribution >= 4 is 0 Å². The van der Waals surface area contributed by atoms with E-state index < -0.39 is 0 Å². The van der Waals surface area contributed by atoms with E-state index >= 15 is 0 Å². The van der Waals surface area contributed by atoms with Gasteiger partial charge in [-0.1, -0.05) is 43.2 Å². The quantitative estimate of drug-likeness (QED) is 0.782. The van der Waals surface area contributed by atoms with Gasteiger partial charge in [0.25, 0.3) is 0 Å². The van der Waals surface area contributed by atoms with Gasteiger partial charge in [-0.3, -0.25) is 0 Å². The van der Waals surface area contributed by atoms with Crippen molar-refractivity contribution in [3.8, 4) is 0 Å². The molecular weight excluding hydrogens is 224 g/mol. The fourth-order valence-electron chi connectivity index (χ4n) is 2.72. The van der Waals surface area contributed by atoms with Gasteiger partial charge in [-0.2, -0.15) is 0 Å². The lowest BCUT2D eigenvalue weighted by Gasteiger charge is -2.27. The molecule has 1 aromatic carbocycles. The molecule has 18 heavy (non-hydrogen) atoms. The molecule has 0 heterocycles. The van der Waals surface area contributed by atoms with Crippen molar-refractivity contribution in [1.29, 1.82) is 0 Å². The van der Waals surface area contributed by atoms with Crippen molar-refractivity contribution in [3.63, 3.8) is 0 Å². The van der Waals surface area contributed by atoms with Gasteiger partial charge in [-0.15, -0.1) is 0 Å². The number of ether oxygens (including phenoxy) is 1. The van der Waals surface area contributed by atoms with E-state index in [9.17, 15) is 0 Å². The smallest absolute Gasteiger partial charge is 0.0716 e. The Kier molecular flexibility index (Phi) is 5.69. The number of rotatable bonds is 6. The van der Waals surface area contributed by atoms with Crippen LogP contribution in [0.3, 0.4) is 0 Å². The largest absolute Gasteiger partial charge is 0.396 e. The first-order chi connectivity index (χ1) is 8.88. The summed E-state index contributed by atoms with van der Waals surface area (Å²) < 4.78 is 5.73. The van der Waals surface area contributed by atoms with E-state index in [1.54, 1.807) is 0 Å². The van der Waals surface area contributed by atoms with E-state index in [-0.39, 0.29) is 0 Å². The molecule has 0 bridgehead atoms. The molecule has 1 aliphatic carbocycles. The molecule has 2 rings (SSSR count). The molecule has 0 atom stereocenters. The highest BCUT2D eigenvalue weighted by Crippen LogP contribution is 2.30. The zero-order valence-electron chi connectivity index (χ0n) is 11.1. The molecule has 0 aliphatic heterocycles. The summed E-state index contributed by atoms with van der Waals surface area (Å²) in [5.74, 6) is 1.37. The van der Waals surface area contributed by atoms with Gasteiger partial charge in [-0.25, -0.2) is 0 Å². The van der Waals surface area contributed by atoms with Crippen LogP contribution in [-0.2, 0) is 11.3 Å². The molecule has 1 aromatic rings. The molecule has 1 saturated carbocycles. The summed E-state index contributed by atoms with van der Waals surface area (Å²) in [4.78, 5) is 0. The van der Waals surface area contributed by atoms with Gasteiger partial charge in [0, 0.05) is 13.2 Å². The van der Waals surface area contributed by atoms with Gasteiger partial charge < -0.3 is 9.84 Å². The summed E-state index contributed by atoms with van der Waals surface area (Å²) in [5, 5.41) is 9.09. The molecular formula is C16H24O2. The third-order valence-electron chi connectivity index (χ3n) is 4.01. The zero-order valence-corrected chi connectivity index (χ0v) is 11.1. The highest BCUT2D eigenvalue weighted by Gasteiger charge is 2.20. The fourth-order valence-corrected chi connectivity index (χ4v) is 2.72. The van der Waals surface area contributed by atoms with E-state index in [2.05, 4.69) is 24.3 Å². The molecule has 1 N–H and O–H groups in total. The van der Waals surface area contributed by atoms with E-state index in [0.717, 1.165) is 19.1 Å². The topological polar surface area (TPSA) is 29.5 Å². The Bertz CT molecular complexity index is 315. The van der Waals surface area contributed by atoms with Gasteiger partial charge in [0.05, 0.1) is 6.61 Å². The molecule has 0 amide bonds. The Hall–Kier alpha value is -0.860. The minimum atomic E-state index is 0.372. The SMILES string of the molecule is OC[C@H]1CC[C@H](CCOCc2ccccc2)CC1. The third-order valence-corrected chi connectivity index (χ3v) is 4.01. The first-order valence-corrected chi connectivity index (χ1v) is 7.11. The van der Waals surface area contributed by atoms with Crippen LogP contribution in [-0.4, -0.2) is 18.3 Å². The maximum absolute atomic E-state index is 9.09. The van der Waals surface area contributed by atoms with E-state index in [1.807, 2.05) is 6.07 Å². The lowest BCUT2D eigenvalue weighted by atomic mass is 9.81.